The summed E-state index contributed by atoms with van der Waals surface area (Å²) in [5, 5.41) is 7.11. The predicted octanol–water partition coefficient (Wildman–Crippen LogP) is 1.82. The molecule has 2 fully saturated rings. The molecule has 7 nitrogen and oxygen atoms in total. The molecule has 0 spiro atoms. The van der Waals surface area contributed by atoms with Crippen molar-refractivity contribution in [3.05, 3.63) is 36.4 Å². The van der Waals surface area contributed by atoms with Crippen LogP contribution in [0.4, 0.5) is 5.95 Å². The van der Waals surface area contributed by atoms with E-state index >= 15 is 0 Å². The molecular formula is C18H24N6O. The summed E-state index contributed by atoms with van der Waals surface area (Å²) in [6.07, 6.45) is 9.42. The van der Waals surface area contributed by atoms with Gasteiger partial charge in [0.2, 0.25) is 11.9 Å². The zero-order chi connectivity index (χ0) is 17.1. The smallest absolute Gasteiger partial charge is 0.227 e. The van der Waals surface area contributed by atoms with Gasteiger partial charge in [-0.05, 0) is 37.8 Å². The zero-order valence-electron chi connectivity index (χ0n) is 14.3. The number of rotatable bonds is 3. The number of carbonyl (C=O) groups excluding carboxylic acids is 1. The van der Waals surface area contributed by atoms with Crippen molar-refractivity contribution in [3.8, 4) is 0 Å². The minimum atomic E-state index is 0.0399. The maximum atomic E-state index is 13.1. The quantitative estimate of drug-likeness (QED) is 0.922. The Bertz CT molecular complexity index is 689. The highest BCUT2D eigenvalue weighted by molar-refractivity contribution is 5.80. The molecule has 4 rings (SSSR count). The summed E-state index contributed by atoms with van der Waals surface area (Å²) in [6.45, 7) is 3.29. The Labute approximate surface area is 147 Å². The number of hydrogen-bond acceptors (Lipinski definition) is 5. The molecule has 4 heterocycles. The van der Waals surface area contributed by atoms with Crippen LogP contribution in [-0.2, 0) is 4.79 Å². The van der Waals surface area contributed by atoms with Gasteiger partial charge < -0.3 is 9.80 Å². The van der Waals surface area contributed by atoms with Crippen LogP contribution in [0.2, 0.25) is 0 Å². The average molecular weight is 340 g/mol. The second-order valence-electron chi connectivity index (χ2n) is 6.97. The van der Waals surface area contributed by atoms with Crippen LogP contribution in [-0.4, -0.2) is 57.2 Å². The molecule has 2 aliphatic heterocycles. The lowest BCUT2D eigenvalue weighted by Crippen LogP contribution is -2.48. The average Bonchev–Trinajstić information content (AvgIpc) is 3.23. The van der Waals surface area contributed by atoms with E-state index in [4.69, 9.17) is 0 Å². The maximum absolute atomic E-state index is 13.1. The second-order valence-corrected chi connectivity index (χ2v) is 6.97. The standard InChI is InChI=1S/C18H24N6O/c25-17(23-10-1-4-14(12-23)16-6-9-21-22-16)15-5-2-11-24(13-15)18-19-7-3-8-20-18/h3,6-9,14-15H,1-2,4-5,10-13H2,(H,21,22)/t14-,15-/m1/s1. The van der Waals surface area contributed by atoms with E-state index in [2.05, 4.69) is 30.0 Å². The van der Waals surface area contributed by atoms with Crippen molar-refractivity contribution >= 4 is 11.9 Å². The van der Waals surface area contributed by atoms with Gasteiger partial charge in [-0.25, -0.2) is 9.97 Å². The number of hydrogen-bond donors (Lipinski definition) is 1. The minimum Gasteiger partial charge on any atom is -0.342 e. The molecule has 1 N–H and O–H groups in total. The fraction of sp³-hybridized carbons (Fsp3) is 0.556. The predicted molar refractivity (Wildman–Crippen MR) is 94.1 cm³/mol. The van der Waals surface area contributed by atoms with Crippen molar-refractivity contribution in [2.24, 2.45) is 5.92 Å². The Morgan fingerprint density at radius 3 is 2.72 bits per heavy atom. The third kappa shape index (κ3) is 3.50. The SMILES string of the molecule is O=C([C@@H]1CCCN(c2ncccn2)C1)N1CCC[C@@H](c2ccn[nH]2)C1. The highest BCUT2D eigenvalue weighted by Crippen LogP contribution is 2.28. The fourth-order valence-corrected chi connectivity index (χ4v) is 4.00. The van der Waals surface area contributed by atoms with Crippen molar-refractivity contribution in [3.63, 3.8) is 0 Å². The van der Waals surface area contributed by atoms with Gasteiger partial charge in [0.15, 0.2) is 0 Å². The van der Waals surface area contributed by atoms with E-state index < -0.39 is 0 Å². The highest BCUT2D eigenvalue weighted by Gasteiger charge is 2.33. The van der Waals surface area contributed by atoms with Crippen molar-refractivity contribution in [2.45, 2.75) is 31.6 Å². The number of H-pyrrole nitrogens is 1. The molecule has 25 heavy (non-hydrogen) atoms. The normalized spacial score (nSPS) is 24.3. The Morgan fingerprint density at radius 1 is 1.08 bits per heavy atom. The van der Waals surface area contributed by atoms with Gasteiger partial charge in [0.25, 0.3) is 0 Å². The lowest BCUT2D eigenvalue weighted by molar-refractivity contribution is -0.137. The molecule has 2 saturated heterocycles. The van der Waals surface area contributed by atoms with E-state index in [0.29, 0.717) is 12.5 Å². The van der Waals surface area contributed by atoms with E-state index in [9.17, 15) is 4.79 Å². The van der Waals surface area contributed by atoms with Crippen molar-refractivity contribution < 1.29 is 4.79 Å². The number of nitrogens with one attached hydrogen (secondary N) is 1. The molecule has 0 aliphatic carbocycles. The van der Waals surface area contributed by atoms with Gasteiger partial charge in [0.1, 0.15) is 0 Å². The van der Waals surface area contributed by atoms with E-state index in [1.165, 1.54) is 0 Å². The summed E-state index contributed by atoms with van der Waals surface area (Å²) >= 11 is 0. The van der Waals surface area contributed by atoms with Gasteiger partial charge in [-0.15, -0.1) is 0 Å². The topological polar surface area (TPSA) is 78.0 Å². The fourth-order valence-electron chi connectivity index (χ4n) is 4.00. The second kappa shape index (κ2) is 7.21. The molecule has 2 aromatic heterocycles. The summed E-state index contributed by atoms with van der Waals surface area (Å²) < 4.78 is 0. The number of aromatic nitrogens is 4. The molecule has 7 heteroatoms. The lowest BCUT2D eigenvalue weighted by Gasteiger charge is -2.38. The number of anilines is 1. The molecule has 2 aliphatic rings. The van der Waals surface area contributed by atoms with E-state index in [1.54, 1.807) is 18.6 Å². The minimum absolute atomic E-state index is 0.0399. The van der Waals surface area contributed by atoms with E-state index in [1.807, 2.05) is 12.1 Å². The third-order valence-electron chi connectivity index (χ3n) is 5.30. The Morgan fingerprint density at radius 2 is 1.92 bits per heavy atom. The summed E-state index contributed by atoms with van der Waals surface area (Å²) in [5.41, 5.74) is 1.14. The molecule has 0 bridgehead atoms. The molecule has 2 aromatic rings. The van der Waals surface area contributed by atoms with Gasteiger partial charge in [0, 0.05) is 56.4 Å². The summed E-state index contributed by atoms with van der Waals surface area (Å²) in [6, 6.07) is 3.84. The summed E-state index contributed by atoms with van der Waals surface area (Å²) in [5.74, 6) is 1.43. The first-order valence-corrected chi connectivity index (χ1v) is 9.11. The van der Waals surface area contributed by atoms with Crippen LogP contribution in [0.25, 0.3) is 0 Å². The molecule has 0 unspecified atom stereocenters. The Hall–Kier alpha value is -2.44. The van der Waals surface area contributed by atoms with E-state index in [0.717, 1.165) is 57.0 Å². The molecule has 132 valence electrons. The van der Waals surface area contributed by atoms with Gasteiger partial charge >= 0.3 is 0 Å². The summed E-state index contributed by atoms with van der Waals surface area (Å²) in [7, 11) is 0. The number of piperidine rings is 2. The number of nitrogens with zero attached hydrogens (tertiary/aromatic N) is 5. The number of likely N-dealkylation sites (tertiary alicyclic amines) is 1. The van der Waals surface area contributed by atoms with Gasteiger partial charge in [0.05, 0.1) is 5.92 Å². The van der Waals surface area contributed by atoms with Crippen LogP contribution in [0.15, 0.2) is 30.7 Å². The zero-order valence-corrected chi connectivity index (χ0v) is 14.3. The Kier molecular flexibility index (Phi) is 4.63. The Balaban J connectivity index is 1.41. The lowest BCUT2D eigenvalue weighted by atomic mass is 9.91. The number of aromatic amines is 1. The monoisotopic (exact) mass is 340 g/mol. The van der Waals surface area contributed by atoms with Gasteiger partial charge in [-0.1, -0.05) is 0 Å². The van der Waals surface area contributed by atoms with Gasteiger partial charge in [-0.2, -0.15) is 5.10 Å². The summed E-state index contributed by atoms with van der Waals surface area (Å²) in [4.78, 5) is 25.9. The van der Waals surface area contributed by atoms with Crippen molar-refractivity contribution in [1.29, 1.82) is 0 Å². The first-order chi connectivity index (χ1) is 12.3. The largest absolute Gasteiger partial charge is 0.342 e. The first-order valence-electron chi connectivity index (χ1n) is 9.11. The van der Waals surface area contributed by atoms with Crippen LogP contribution >= 0.6 is 0 Å². The highest BCUT2D eigenvalue weighted by atomic mass is 16.2. The molecule has 2 atom stereocenters. The number of carbonyl (C=O) groups is 1. The maximum Gasteiger partial charge on any atom is 0.227 e. The molecule has 1 amide bonds. The molecule has 0 saturated carbocycles. The molecule has 0 aromatic carbocycles. The van der Waals surface area contributed by atoms with Gasteiger partial charge in [-0.3, -0.25) is 9.89 Å². The van der Waals surface area contributed by atoms with E-state index in [-0.39, 0.29) is 11.8 Å². The molecule has 0 radical (unpaired) electrons. The third-order valence-corrected chi connectivity index (χ3v) is 5.30. The van der Waals surface area contributed by atoms with Crippen molar-refractivity contribution in [1.82, 2.24) is 25.1 Å². The van der Waals surface area contributed by atoms with Crippen molar-refractivity contribution in [2.75, 3.05) is 31.1 Å². The molecular weight excluding hydrogens is 316 g/mol. The van der Waals surface area contributed by atoms with Crippen LogP contribution in [0.1, 0.15) is 37.3 Å². The van der Waals surface area contributed by atoms with Crippen LogP contribution in [0.5, 0.6) is 0 Å². The van der Waals surface area contributed by atoms with Crippen LogP contribution < -0.4 is 4.90 Å². The first kappa shape index (κ1) is 16.1. The van der Waals surface area contributed by atoms with Crippen LogP contribution in [0.3, 0.4) is 0 Å². The van der Waals surface area contributed by atoms with Crippen LogP contribution in [0, 0.1) is 5.92 Å². The number of amides is 1.